The molecule has 2 aromatic rings. The van der Waals surface area contributed by atoms with Crippen LogP contribution in [0.3, 0.4) is 0 Å². The van der Waals surface area contributed by atoms with Crippen molar-refractivity contribution in [1.29, 1.82) is 0 Å². The van der Waals surface area contributed by atoms with Crippen molar-refractivity contribution in [2.45, 2.75) is 0 Å². The minimum atomic E-state index is -0.346. The zero-order chi connectivity index (χ0) is 10.7. The molecule has 15 heavy (non-hydrogen) atoms. The van der Waals surface area contributed by atoms with Gasteiger partial charge >= 0.3 is 0 Å². The summed E-state index contributed by atoms with van der Waals surface area (Å²) in [6.07, 6.45) is 1.50. The highest BCUT2D eigenvalue weighted by atomic mass is 16.3. The van der Waals surface area contributed by atoms with Crippen molar-refractivity contribution in [2.75, 3.05) is 0 Å². The van der Waals surface area contributed by atoms with Crippen molar-refractivity contribution in [3.8, 4) is 0 Å². The van der Waals surface area contributed by atoms with E-state index >= 15 is 0 Å². The van der Waals surface area contributed by atoms with E-state index in [-0.39, 0.29) is 5.90 Å². The van der Waals surface area contributed by atoms with Crippen LogP contribution < -0.4 is 9.79 Å². The van der Waals surface area contributed by atoms with E-state index in [9.17, 15) is 5.11 Å². The molecule has 0 aliphatic rings. The summed E-state index contributed by atoms with van der Waals surface area (Å²) >= 11 is 0. The van der Waals surface area contributed by atoms with Gasteiger partial charge in [0.15, 0.2) is 5.21 Å². The van der Waals surface area contributed by atoms with Gasteiger partial charge in [-0.05, 0) is 5.56 Å². The number of nitrogens with zero attached hydrogens (tertiary/aromatic N) is 5. The Bertz CT molecular complexity index is 476. The monoisotopic (exact) mass is 203 g/mol. The summed E-state index contributed by atoms with van der Waals surface area (Å²) in [5.41, 5.74) is 0.524. The van der Waals surface area contributed by atoms with Crippen molar-refractivity contribution in [2.24, 2.45) is 12.1 Å². The summed E-state index contributed by atoms with van der Waals surface area (Å²) in [6, 6.07) is 8.80. The molecule has 76 valence electrons. The van der Waals surface area contributed by atoms with Gasteiger partial charge in [-0.3, -0.25) is 0 Å². The fourth-order valence-corrected chi connectivity index (χ4v) is 1.08. The van der Waals surface area contributed by atoms with Crippen LogP contribution in [0.2, 0.25) is 0 Å². The Hall–Kier alpha value is -2.24. The SMILES string of the molecule is C[n+]1cn(/N=C(\[O-])c2ccccc2)nn1. The van der Waals surface area contributed by atoms with Gasteiger partial charge in [-0.2, -0.15) is 0 Å². The maximum absolute atomic E-state index is 11.6. The standard InChI is InChI=1S/C9H9N5O/c1-13-7-14(12-11-13)10-9(15)8-5-3-2-4-6-8/h2-7H,1H3. The number of benzene rings is 1. The zero-order valence-electron chi connectivity index (χ0n) is 8.11. The lowest BCUT2D eigenvalue weighted by atomic mass is 10.2. The molecule has 0 amide bonds. The summed E-state index contributed by atoms with van der Waals surface area (Å²) in [6.45, 7) is 0. The molecule has 0 saturated carbocycles. The summed E-state index contributed by atoms with van der Waals surface area (Å²) in [4.78, 5) is 1.13. The Morgan fingerprint density at radius 1 is 1.40 bits per heavy atom. The molecule has 2 rings (SSSR count). The van der Waals surface area contributed by atoms with Crippen LogP contribution in [0.15, 0.2) is 41.8 Å². The lowest BCUT2D eigenvalue weighted by molar-refractivity contribution is -0.731. The van der Waals surface area contributed by atoms with E-state index < -0.39 is 0 Å². The number of hydrogen-bond donors (Lipinski definition) is 0. The molecule has 0 bridgehead atoms. The maximum atomic E-state index is 11.6. The third-order valence-electron chi connectivity index (χ3n) is 1.76. The van der Waals surface area contributed by atoms with E-state index in [0.717, 1.165) is 4.79 Å². The molecular weight excluding hydrogens is 194 g/mol. The second-order valence-electron chi connectivity index (χ2n) is 2.96. The van der Waals surface area contributed by atoms with Crippen LogP contribution in [-0.2, 0) is 7.05 Å². The molecule has 6 nitrogen and oxygen atoms in total. The summed E-state index contributed by atoms with van der Waals surface area (Å²) in [5, 5.41) is 22.6. The van der Waals surface area contributed by atoms with Crippen molar-refractivity contribution < 1.29 is 9.79 Å². The molecule has 1 aromatic heterocycles. The van der Waals surface area contributed by atoms with Crippen molar-refractivity contribution in [1.82, 2.24) is 15.2 Å². The first kappa shape index (κ1) is 9.32. The van der Waals surface area contributed by atoms with Gasteiger partial charge in [0.2, 0.25) is 0 Å². The molecule has 0 radical (unpaired) electrons. The largest absolute Gasteiger partial charge is 0.856 e. The number of aromatic nitrogens is 4. The highest BCUT2D eigenvalue weighted by Gasteiger charge is 2.01. The lowest BCUT2D eigenvalue weighted by Crippen LogP contribution is -2.29. The average Bonchev–Trinajstić information content (AvgIpc) is 2.65. The highest BCUT2D eigenvalue weighted by molar-refractivity contribution is 5.90. The van der Waals surface area contributed by atoms with Crippen molar-refractivity contribution in [3.05, 3.63) is 42.2 Å². The normalized spacial score (nSPS) is 11.7. The molecule has 6 heteroatoms. The Morgan fingerprint density at radius 3 is 2.73 bits per heavy atom. The number of rotatable bonds is 2. The molecule has 0 aliphatic heterocycles. The Labute approximate surface area is 86.1 Å². The Morgan fingerprint density at radius 2 is 2.13 bits per heavy atom. The van der Waals surface area contributed by atoms with Crippen molar-refractivity contribution in [3.63, 3.8) is 0 Å². The fraction of sp³-hybridized carbons (Fsp3) is 0.111. The van der Waals surface area contributed by atoms with E-state index in [1.807, 2.05) is 6.07 Å². The first-order chi connectivity index (χ1) is 7.25. The molecule has 0 spiro atoms. The van der Waals surface area contributed by atoms with Gasteiger partial charge in [-0.15, -0.1) is 4.68 Å². The third kappa shape index (κ3) is 2.16. The topological polar surface area (TPSA) is 70.0 Å². The summed E-state index contributed by atoms with van der Waals surface area (Å²) < 4.78 is 1.46. The van der Waals surface area contributed by atoms with Gasteiger partial charge in [0.25, 0.3) is 6.33 Å². The Kier molecular flexibility index (Phi) is 2.40. The van der Waals surface area contributed by atoms with Gasteiger partial charge in [-0.25, -0.2) is 0 Å². The van der Waals surface area contributed by atoms with Crippen LogP contribution in [0.5, 0.6) is 0 Å². The smallest absolute Gasteiger partial charge is 0.274 e. The van der Waals surface area contributed by atoms with Gasteiger partial charge in [0.05, 0.1) is 7.05 Å². The predicted octanol–water partition coefficient (Wildman–Crippen LogP) is -1.33. The highest BCUT2D eigenvalue weighted by Crippen LogP contribution is 1.97. The molecule has 0 unspecified atom stereocenters. The molecule has 0 fully saturated rings. The van der Waals surface area contributed by atoms with Gasteiger partial charge in [0, 0.05) is 10.7 Å². The molecule has 0 aliphatic carbocycles. The quantitative estimate of drug-likeness (QED) is 0.345. The molecule has 0 saturated heterocycles. The summed E-state index contributed by atoms with van der Waals surface area (Å²) in [7, 11) is 1.70. The van der Waals surface area contributed by atoms with Crippen LogP contribution in [0.25, 0.3) is 0 Å². The number of hydrogen-bond acceptors (Lipinski definition) is 4. The average molecular weight is 203 g/mol. The summed E-state index contributed by atoms with van der Waals surface area (Å²) in [5.74, 6) is -0.346. The lowest BCUT2D eigenvalue weighted by Gasteiger charge is -2.06. The van der Waals surface area contributed by atoms with E-state index in [2.05, 4.69) is 15.5 Å². The van der Waals surface area contributed by atoms with Crippen LogP contribution in [0.1, 0.15) is 5.56 Å². The van der Waals surface area contributed by atoms with E-state index in [4.69, 9.17) is 0 Å². The van der Waals surface area contributed by atoms with E-state index in [1.54, 1.807) is 31.3 Å². The Balaban J connectivity index is 2.28. The van der Waals surface area contributed by atoms with Crippen LogP contribution in [0.4, 0.5) is 0 Å². The van der Waals surface area contributed by atoms with Gasteiger partial charge in [0.1, 0.15) is 5.21 Å². The molecule has 1 heterocycles. The second kappa shape index (κ2) is 3.87. The fourth-order valence-electron chi connectivity index (χ4n) is 1.08. The van der Waals surface area contributed by atoms with E-state index in [0.29, 0.717) is 5.56 Å². The van der Waals surface area contributed by atoms with Crippen molar-refractivity contribution >= 4 is 5.90 Å². The third-order valence-corrected chi connectivity index (χ3v) is 1.76. The van der Waals surface area contributed by atoms with E-state index in [1.165, 1.54) is 11.0 Å². The van der Waals surface area contributed by atoms with Crippen LogP contribution in [-0.4, -0.2) is 21.1 Å². The van der Waals surface area contributed by atoms with Gasteiger partial charge < -0.3 is 5.11 Å². The minimum absolute atomic E-state index is 0.346. The van der Waals surface area contributed by atoms with Crippen LogP contribution >= 0.6 is 0 Å². The molecule has 0 atom stereocenters. The molecule has 1 aromatic carbocycles. The molecule has 0 N–H and O–H groups in total. The van der Waals surface area contributed by atoms with Crippen LogP contribution in [0, 0.1) is 0 Å². The first-order valence-corrected chi connectivity index (χ1v) is 4.35. The zero-order valence-corrected chi connectivity index (χ0v) is 8.11. The molecular formula is C9H9N5O. The second-order valence-corrected chi connectivity index (χ2v) is 2.96. The number of tetrazole rings is 1. The van der Waals surface area contributed by atoms with Gasteiger partial charge in [-0.1, -0.05) is 35.4 Å². The first-order valence-electron chi connectivity index (χ1n) is 4.35. The maximum Gasteiger partial charge on any atom is 0.274 e. The number of aryl methyl sites for hydroxylation is 1. The minimum Gasteiger partial charge on any atom is -0.856 e. The predicted molar refractivity (Wildman–Crippen MR) is 49.6 cm³/mol.